The Kier molecular flexibility index (Phi) is 11.2. The summed E-state index contributed by atoms with van der Waals surface area (Å²) in [6.07, 6.45) is 2.83. The van der Waals surface area contributed by atoms with Gasteiger partial charge in [-0.15, -0.1) is 6.58 Å². The van der Waals surface area contributed by atoms with Crippen LogP contribution in [0.3, 0.4) is 0 Å². The van der Waals surface area contributed by atoms with E-state index in [2.05, 4.69) is 24.0 Å². The minimum absolute atomic E-state index is 0.579. The van der Waals surface area contributed by atoms with E-state index in [4.69, 9.17) is 29.3 Å². The molecule has 0 fully saturated rings. The highest BCUT2D eigenvalue weighted by atomic mass is 16.5. The molecule has 28 heavy (non-hydrogen) atoms. The quantitative estimate of drug-likeness (QED) is 0.327. The number of carboxylic acids is 2. The first-order chi connectivity index (χ1) is 13.5. The average molecular weight is 387 g/mol. The molecule has 7 nitrogen and oxygen atoms in total. The minimum Gasteiger partial charge on any atom is -0.494 e. The number of hydrogen-bond donors (Lipinski definition) is 3. The van der Waals surface area contributed by atoms with Gasteiger partial charge >= 0.3 is 11.9 Å². The molecule has 0 atom stereocenters. The number of aliphatic carboxylic acids is 2. The summed E-state index contributed by atoms with van der Waals surface area (Å²) in [6.45, 7) is 6.72. The fourth-order valence-electron chi connectivity index (χ4n) is 1.96. The van der Waals surface area contributed by atoms with Gasteiger partial charge in [0.25, 0.3) is 0 Å². The van der Waals surface area contributed by atoms with Crippen molar-refractivity contribution in [1.82, 2.24) is 5.32 Å². The van der Waals surface area contributed by atoms with Gasteiger partial charge in [0.15, 0.2) is 0 Å². The Morgan fingerprint density at radius 2 is 1.50 bits per heavy atom. The highest BCUT2D eigenvalue weighted by molar-refractivity contribution is 6.27. The van der Waals surface area contributed by atoms with Crippen LogP contribution in [0.5, 0.6) is 11.5 Å². The number of carboxylic acid groups (broad SMARTS) is 2. The van der Waals surface area contributed by atoms with Crippen LogP contribution in [-0.2, 0) is 16.2 Å². The zero-order chi connectivity index (χ0) is 20.6. The highest BCUT2D eigenvalue weighted by Crippen LogP contribution is 2.18. The Morgan fingerprint density at radius 1 is 0.929 bits per heavy atom. The van der Waals surface area contributed by atoms with Gasteiger partial charge in [-0.05, 0) is 42.8 Å². The van der Waals surface area contributed by atoms with Crippen LogP contribution in [0, 0.1) is 0 Å². The Hall–Kier alpha value is -3.32. The molecule has 0 aromatic heterocycles. The SMILES string of the molecule is C=CCNCCCOc1ccc(OCc2ccccc2)cc1.O=C(O)C(=O)O. The van der Waals surface area contributed by atoms with Crippen LogP contribution in [0.25, 0.3) is 0 Å². The number of nitrogens with one attached hydrogen (secondary N) is 1. The Balaban J connectivity index is 0.000000568. The van der Waals surface area contributed by atoms with Crippen molar-refractivity contribution in [3.63, 3.8) is 0 Å². The maximum Gasteiger partial charge on any atom is 0.414 e. The van der Waals surface area contributed by atoms with Gasteiger partial charge in [-0.1, -0.05) is 36.4 Å². The Labute approximate surface area is 164 Å². The first-order valence-corrected chi connectivity index (χ1v) is 8.70. The van der Waals surface area contributed by atoms with Crippen molar-refractivity contribution >= 4 is 11.9 Å². The zero-order valence-corrected chi connectivity index (χ0v) is 15.5. The van der Waals surface area contributed by atoms with Crippen molar-refractivity contribution < 1.29 is 29.3 Å². The molecule has 0 bridgehead atoms. The maximum atomic E-state index is 9.10. The van der Waals surface area contributed by atoms with E-state index in [-0.39, 0.29) is 0 Å². The molecule has 2 aromatic rings. The lowest BCUT2D eigenvalue weighted by Crippen LogP contribution is -2.17. The van der Waals surface area contributed by atoms with Crippen molar-refractivity contribution in [1.29, 1.82) is 0 Å². The van der Waals surface area contributed by atoms with Crippen LogP contribution < -0.4 is 14.8 Å². The van der Waals surface area contributed by atoms with Crippen molar-refractivity contribution in [3.8, 4) is 11.5 Å². The Morgan fingerprint density at radius 3 is 2.04 bits per heavy atom. The lowest BCUT2D eigenvalue weighted by atomic mass is 10.2. The predicted octanol–water partition coefficient (Wildman–Crippen LogP) is 2.97. The summed E-state index contributed by atoms with van der Waals surface area (Å²) in [4.78, 5) is 18.2. The molecule has 0 spiro atoms. The standard InChI is InChI=1S/C19H23NO2.C2H2O4/c1-2-13-20-14-6-15-21-18-9-11-19(12-10-18)22-16-17-7-4-3-5-8-17;3-1(4)2(5)6/h2-5,7-12,20H,1,6,13-16H2;(H,3,4)(H,5,6). The van der Waals surface area contributed by atoms with Crippen LogP contribution >= 0.6 is 0 Å². The van der Waals surface area contributed by atoms with E-state index >= 15 is 0 Å². The van der Waals surface area contributed by atoms with E-state index < -0.39 is 11.9 Å². The second-order valence-corrected chi connectivity index (χ2v) is 5.55. The molecule has 2 aromatic carbocycles. The molecule has 2 rings (SSSR count). The van der Waals surface area contributed by atoms with E-state index in [1.807, 2.05) is 48.5 Å². The normalized spacial score (nSPS) is 9.57. The number of carbonyl (C=O) groups is 2. The molecule has 0 saturated heterocycles. The molecular weight excluding hydrogens is 362 g/mol. The van der Waals surface area contributed by atoms with E-state index in [1.54, 1.807) is 0 Å². The largest absolute Gasteiger partial charge is 0.494 e. The maximum absolute atomic E-state index is 9.10. The molecule has 0 amide bonds. The molecule has 7 heteroatoms. The summed E-state index contributed by atoms with van der Waals surface area (Å²) in [5, 5.41) is 18.0. The Bertz CT molecular complexity index is 703. The van der Waals surface area contributed by atoms with Crippen molar-refractivity contribution in [3.05, 3.63) is 72.8 Å². The van der Waals surface area contributed by atoms with E-state index in [9.17, 15) is 0 Å². The van der Waals surface area contributed by atoms with Crippen molar-refractivity contribution in [2.24, 2.45) is 0 Å². The van der Waals surface area contributed by atoms with Gasteiger partial charge in [-0.25, -0.2) is 9.59 Å². The molecule has 0 unspecified atom stereocenters. The van der Waals surface area contributed by atoms with Gasteiger partial charge in [-0.3, -0.25) is 0 Å². The molecule has 0 heterocycles. The number of benzene rings is 2. The summed E-state index contributed by atoms with van der Waals surface area (Å²) in [7, 11) is 0. The van der Waals surface area contributed by atoms with Gasteiger partial charge in [0.05, 0.1) is 6.61 Å². The molecule has 0 aliphatic heterocycles. The molecule has 0 radical (unpaired) electrons. The first kappa shape index (κ1) is 22.7. The van der Waals surface area contributed by atoms with Gasteiger partial charge < -0.3 is 25.0 Å². The molecule has 3 N–H and O–H groups in total. The second kappa shape index (κ2) is 13.8. The molecule has 0 aliphatic rings. The minimum atomic E-state index is -1.82. The van der Waals surface area contributed by atoms with Crippen LogP contribution in [0.2, 0.25) is 0 Å². The van der Waals surface area contributed by atoms with E-state index in [0.29, 0.717) is 13.2 Å². The van der Waals surface area contributed by atoms with Gasteiger partial charge in [-0.2, -0.15) is 0 Å². The summed E-state index contributed by atoms with van der Waals surface area (Å²) in [5.41, 5.74) is 1.16. The van der Waals surface area contributed by atoms with Gasteiger partial charge in [0, 0.05) is 6.54 Å². The van der Waals surface area contributed by atoms with Gasteiger partial charge in [0.2, 0.25) is 0 Å². The summed E-state index contributed by atoms with van der Waals surface area (Å²) in [6, 6.07) is 17.9. The van der Waals surface area contributed by atoms with Crippen LogP contribution in [0.1, 0.15) is 12.0 Å². The number of hydrogen-bond acceptors (Lipinski definition) is 5. The predicted molar refractivity (Wildman–Crippen MR) is 106 cm³/mol. The molecule has 0 aliphatic carbocycles. The summed E-state index contributed by atoms with van der Waals surface area (Å²) >= 11 is 0. The lowest BCUT2D eigenvalue weighted by Gasteiger charge is -2.09. The van der Waals surface area contributed by atoms with E-state index in [0.717, 1.165) is 36.6 Å². The highest BCUT2D eigenvalue weighted by Gasteiger charge is 2.04. The summed E-state index contributed by atoms with van der Waals surface area (Å²) < 4.78 is 11.4. The van der Waals surface area contributed by atoms with Crippen LogP contribution in [0.4, 0.5) is 0 Å². The molecule has 150 valence electrons. The molecule has 0 saturated carbocycles. The third-order valence-electron chi connectivity index (χ3n) is 3.31. The van der Waals surface area contributed by atoms with Gasteiger partial charge in [0.1, 0.15) is 18.1 Å². The molecular formula is C21H25NO6. The zero-order valence-electron chi connectivity index (χ0n) is 15.5. The van der Waals surface area contributed by atoms with Crippen molar-refractivity contribution in [2.45, 2.75) is 13.0 Å². The first-order valence-electron chi connectivity index (χ1n) is 8.70. The van der Waals surface area contributed by atoms with Crippen LogP contribution in [0.15, 0.2) is 67.3 Å². The number of ether oxygens (including phenoxy) is 2. The monoisotopic (exact) mass is 387 g/mol. The smallest absolute Gasteiger partial charge is 0.414 e. The average Bonchev–Trinajstić information content (AvgIpc) is 2.71. The fourth-order valence-corrected chi connectivity index (χ4v) is 1.96. The van der Waals surface area contributed by atoms with E-state index in [1.165, 1.54) is 0 Å². The lowest BCUT2D eigenvalue weighted by molar-refractivity contribution is -0.159. The number of rotatable bonds is 10. The van der Waals surface area contributed by atoms with Crippen molar-refractivity contribution in [2.75, 3.05) is 19.7 Å². The second-order valence-electron chi connectivity index (χ2n) is 5.55. The third-order valence-corrected chi connectivity index (χ3v) is 3.31. The topological polar surface area (TPSA) is 105 Å². The fraction of sp³-hybridized carbons (Fsp3) is 0.238. The van der Waals surface area contributed by atoms with Crippen LogP contribution in [-0.4, -0.2) is 41.8 Å². The third kappa shape index (κ3) is 10.6. The summed E-state index contributed by atoms with van der Waals surface area (Å²) in [5.74, 6) is -1.93.